The smallest absolute Gasteiger partial charge is 0.227 e. The van der Waals surface area contributed by atoms with Crippen LogP contribution in [0.1, 0.15) is 23.5 Å². The van der Waals surface area contributed by atoms with E-state index >= 15 is 0 Å². The Morgan fingerprint density at radius 1 is 1.39 bits per heavy atom. The average Bonchev–Trinajstić information content (AvgIpc) is 3.09. The summed E-state index contributed by atoms with van der Waals surface area (Å²) in [7, 11) is 0. The van der Waals surface area contributed by atoms with Crippen molar-refractivity contribution in [1.82, 2.24) is 15.5 Å². The zero-order valence-corrected chi connectivity index (χ0v) is 9.96. The maximum absolute atomic E-state index is 5.37. The van der Waals surface area contributed by atoms with Gasteiger partial charge in [-0.3, -0.25) is 0 Å². The Balaban J connectivity index is 1.59. The molecule has 0 radical (unpaired) electrons. The monoisotopic (exact) mass is 249 g/mol. The molecule has 0 aromatic carbocycles. The van der Waals surface area contributed by atoms with Gasteiger partial charge in [0.05, 0.1) is 25.5 Å². The van der Waals surface area contributed by atoms with E-state index in [0.29, 0.717) is 24.7 Å². The summed E-state index contributed by atoms with van der Waals surface area (Å²) >= 11 is 0. The second-order valence-corrected chi connectivity index (χ2v) is 4.21. The number of aryl methyl sites for hydroxylation is 2. The number of nitrogens with one attached hydrogen (secondary N) is 1. The minimum Gasteiger partial charge on any atom is -0.469 e. The van der Waals surface area contributed by atoms with Crippen molar-refractivity contribution in [2.75, 3.05) is 19.8 Å². The van der Waals surface area contributed by atoms with Crippen LogP contribution in [0.15, 0.2) is 27.3 Å². The Bertz CT molecular complexity index is 474. The molecule has 2 aromatic heterocycles. The number of morpholine rings is 1. The van der Waals surface area contributed by atoms with Gasteiger partial charge < -0.3 is 19.0 Å². The molecule has 0 saturated carbocycles. The van der Waals surface area contributed by atoms with Crippen LogP contribution in [0.3, 0.4) is 0 Å². The van der Waals surface area contributed by atoms with Crippen LogP contribution in [-0.4, -0.2) is 29.9 Å². The zero-order valence-electron chi connectivity index (χ0n) is 9.96. The van der Waals surface area contributed by atoms with E-state index in [-0.39, 0.29) is 6.04 Å². The topological polar surface area (TPSA) is 73.3 Å². The van der Waals surface area contributed by atoms with Gasteiger partial charge in [-0.2, -0.15) is 4.98 Å². The summed E-state index contributed by atoms with van der Waals surface area (Å²) < 4.78 is 15.8. The van der Waals surface area contributed by atoms with Crippen LogP contribution in [0, 0.1) is 0 Å². The maximum Gasteiger partial charge on any atom is 0.227 e. The maximum atomic E-state index is 5.37. The van der Waals surface area contributed by atoms with Crippen molar-refractivity contribution in [1.29, 1.82) is 0 Å². The molecule has 1 fully saturated rings. The van der Waals surface area contributed by atoms with Crippen LogP contribution in [0.4, 0.5) is 0 Å². The number of hydrogen-bond acceptors (Lipinski definition) is 6. The van der Waals surface area contributed by atoms with Gasteiger partial charge >= 0.3 is 0 Å². The van der Waals surface area contributed by atoms with Gasteiger partial charge in [0, 0.05) is 19.4 Å². The first-order chi connectivity index (χ1) is 8.92. The summed E-state index contributed by atoms with van der Waals surface area (Å²) in [6, 6.07) is 3.85. The van der Waals surface area contributed by atoms with Crippen LogP contribution in [-0.2, 0) is 17.6 Å². The fourth-order valence-corrected chi connectivity index (χ4v) is 1.93. The number of rotatable bonds is 4. The molecule has 96 valence electrons. The zero-order chi connectivity index (χ0) is 12.2. The van der Waals surface area contributed by atoms with Gasteiger partial charge in [0.15, 0.2) is 5.82 Å². The molecule has 18 heavy (non-hydrogen) atoms. The molecule has 0 spiro atoms. The number of ether oxygens (including phenoxy) is 1. The first kappa shape index (κ1) is 11.4. The lowest BCUT2D eigenvalue weighted by atomic mass is 10.2. The van der Waals surface area contributed by atoms with Gasteiger partial charge in [-0.25, -0.2) is 0 Å². The second-order valence-electron chi connectivity index (χ2n) is 4.21. The lowest BCUT2D eigenvalue weighted by molar-refractivity contribution is 0.0734. The standard InChI is InChI=1S/C12H15N3O3/c1-2-9(17-6-1)3-4-11-14-12(15-18-11)10-8-16-7-5-13-10/h1-2,6,10,13H,3-5,7-8H2. The van der Waals surface area contributed by atoms with Crippen LogP contribution >= 0.6 is 0 Å². The van der Waals surface area contributed by atoms with E-state index in [0.717, 1.165) is 25.3 Å². The van der Waals surface area contributed by atoms with E-state index in [1.165, 1.54) is 0 Å². The molecule has 1 aliphatic rings. The molecule has 1 saturated heterocycles. The predicted octanol–water partition coefficient (Wildman–Crippen LogP) is 1.11. The number of furan rings is 1. The summed E-state index contributed by atoms with van der Waals surface area (Å²) in [5.74, 6) is 2.23. The van der Waals surface area contributed by atoms with Crippen molar-refractivity contribution in [3.63, 3.8) is 0 Å². The third kappa shape index (κ3) is 2.60. The van der Waals surface area contributed by atoms with Gasteiger partial charge in [-0.05, 0) is 12.1 Å². The fraction of sp³-hybridized carbons (Fsp3) is 0.500. The third-order valence-corrected chi connectivity index (χ3v) is 2.88. The number of hydrogen-bond donors (Lipinski definition) is 1. The average molecular weight is 249 g/mol. The second kappa shape index (κ2) is 5.32. The summed E-state index contributed by atoms with van der Waals surface area (Å²) in [5, 5.41) is 7.27. The van der Waals surface area contributed by atoms with Gasteiger partial charge in [-0.15, -0.1) is 0 Å². The van der Waals surface area contributed by atoms with E-state index < -0.39 is 0 Å². The predicted molar refractivity (Wildman–Crippen MR) is 62.0 cm³/mol. The van der Waals surface area contributed by atoms with E-state index in [4.69, 9.17) is 13.7 Å². The molecular weight excluding hydrogens is 234 g/mol. The van der Waals surface area contributed by atoms with Crippen molar-refractivity contribution in [3.8, 4) is 0 Å². The highest BCUT2D eigenvalue weighted by Crippen LogP contribution is 2.13. The van der Waals surface area contributed by atoms with Crippen molar-refractivity contribution >= 4 is 0 Å². The molecule has 3 heterocycles. The van der Waals surface area contributed by atoms with Crippen LogP contribution < -0.4 is 5.32 Å². The third-order valence-electron chi connectivity index (χ3n) is 2.88. The Kier molecular flexibility index (Phi) is 3.38. The highest BCUT2D eigenvalue weighted by molar-refractivity contribution is 5.01. The number of aromatic nitrogens is 2. The van der Waals surface area contributed by atoms with Crippen molar-refractivity contribution in [3.05, 3.63) is 35.9 Å². The van der Waals surface area contributed by atoms with E-state index in [2.05, 4.69) is 15.5 Å². The van der Waals surface area contributed by atoms with Gasteiger partial charge in [0.2, 0.25) is 5.89 Å². The Labute approximate surface area is 104 Å². The van der Waals surface area contributed by atoms with Crippen molar-refractivity contribution < 1.29 is 13.7 Å². The van der Waals surface area contributed by atoms with E-state index in [1.54, 1.807) is 6.26 Å². The Morgan fingerprint density at radius 3 is 3.17 bits per heavy atom. The lowest BCUT2D eigenvalue weighted by Crippen LogP contribution is -2.35. The minimum absolute atomic E-state index is 0.0415. The van der Waals surface area contributed by atoms with Gasteiger partial charge in [0.25, 0.3) is 0 Å². The van der Waals surface area contributed by atoms with Crippen LogP contribution in [0.25, 0.3) is 0 Å². The SMILES string of the molecule is c1coc(CCc2nc(C3COCCN3)no2)c1. The first-order valence-corrected chi connectivity index (χ1v) is 6.08. The molecule has 2 aromatic rings. The number of nitrogens with zero attached hydrogens (tertiary/aromatic N) is 2. The summed E-state index contributed by atoms with van der Waals surface area (Å²) in [6.45, 7) is 2.15. The molecule has 6 nitrogen and oxygen atoms in total. The molecule has 6 heteroatoms. The fourth-order valence-electron chi connectivity index (χ4n) is 1.93. The molecule has 1 aliphatic heterocycles. The largest absolute Gasteiger partial charge is 0.469 e. The molecule has 1 atom stereocenters. The van der Waals surface area contributed by atoms with Gasteiger partial charge in [-0.1, -0.05) is 5.16 Å². The lowest BCUT2D eigenvalue weighted by Gasteiger charge is -2.20. The van der Waals surface area contributed by atoms with Crippen molar-refractivity contribution in [2.45, 2.75) is 18.9 Å². The first-order valence-electron chi connectivity index (χ1n) is 6.08. The highest BCUT2D eigenvalue weighted by Gasteiger charge is 2.20. The normalized spacial score (nSPS) is 20.1. The molecular formula is C12H15N3O3. The Morgan fingerprint density at radius 2 is 2.39 bits per heavy atom. The quantitative estimate of drug-likeness (QED) is 0.875. The van der Waals surface area contributed by atoms with Crippen LogP contribution in [0.5, 0.6) is 0 Å². The minimum atomic E-state index is 0.0415. The summed E-state index contributed by atoms with van der Waals surface area (Å²) in [4.78, 5) is 4.37. The highest BCUT2D eigenvalue weighted by atomic mass is 16.5. The molecule has 1 N–H and O–H groups in total. The molecule has 0 aliphatic carbocycles. The van der Waals surface area contributed by atoms with E-state index in [1.807, 2.05) is 12.1 Å². The van der Waals surface area contributed by atoms with E-state index in [9.17, 15) is 0 Å². The molecule has 0 bridgehead atoms. The molecule has 0 amide bonds. The van der Waals surface area contributed by atoms with Crippen molar-refractivity contribution in [2.24, 2.45) is 0 Å². The molecule has 1 unspecified atom stereocenters. The van der Waals surface area contributed by atoms with Crippen LogP contribution in [0.2, 0.25) is 0 Å². The molecule has 3 rings (SSSR count). The summed E-state index contributed by atoms with van der Waals surface area (Å²) in [6.07, 6.45) is 3.12. The van der Waals surface area contributed by atoms with Gasteiger partial charge in [0.1, 0.15) is 5.76 Å². The Hall–Kier alpha value is -1.66. The summed E-state index contributed by atoms with van der Waals surface area (Å²) in [5.41, 5.74) is 0.